The monoisotopic (exact) mass is 306 g/mol. The molecule has 0 amide bonds. The molecule has 5 nitrogen and oxygen atoms in total. The minimum atomic E-state index is -0.205. The Kier molecular flexibility index (Phi) is 3.87. The Labute approximate surface area is 128 Å². The number of nitrogens with one attached hydrogen (secondary N) is 1. The molecule has 1 fully saturated rings. The highest BCUT2D eigenvalue weighted by Gasteiger charge is 2.25. The number of aromatic amines is 1. The predicted octanol–water partition coefficient (Wildman–Crippen LogP) is 2.33. The Morgan fingerprint density at radius 1 is 1.43 bits per heavy atom. The Hall–Kier alpha value is -1.59. The van der Waals surface area contributed by atoms with Gasteiger partial charge in [0.05, 0.1) is 5.69 Å². The van der Waals surface area contributed by atoms with Crippen molar-refractivity contribution < 1.29 is 0 Å². The highest BCUT2D eigenvalue weighted by atomic mass is 35.5. The SMILES string of the molecule is Cc1ccc(Cl)cc1-n1c(C2CCCN(C)C2)n[nH]c1=O. The van der Waals surface area contributed by atoms with E-state index in [9.17, 15) is 4.79 Å². The summed E-state index contributed by atoms with van der Waals surface area (Å²) in [4.78, 5) is 14.5. The Morgan fingerprint density at radius 2 is 2.24 bits per heavy atom. The minimum Gasteiger partial charge on any atom is -0.306 e. The van der Waals surface area contributed by atoms with E-state index in [-0.39, 0.29) is 11.6 Å². The lowest BCUT2D eigenvalue weighted by atomic mass is 9.97. The number of H-pyrrole nitrogens is 1. The summed E-state index contributed by atoms with van der Waals surface area (Å²) in [6.45, 7) is 3.99. The molecule has 0 aliphatic carbocycles. The topological polar surface area (TPSA) is 53.9 Å². The van der Waals surface area contributed by atoms with Crippen LogP contribution >= 0.6 is 11.6 Å². The van der Waals surface area contributed by atoms with Gasteiger partial charge >= 0.3 is 5.69 Å². The van der Waals surface area contributed by atoms with Gasteiger partial charge in [0.25, 0.3) is 0 Å². The summed E-state index contributed by atoms with van der Waals surface area (Å²) in [5, 5.41) is 7.49. The van der Waals surface area contributed by atoms with Gasteiger partial charge in [-0.15, -0.1) is 0 Å². The maximum Gasteiger partial charge on any atom is 0.347 e. The number of piperidine rings is 1. The summed E-state index contributed by atoms with van der Waals surface area (Å²) in [6.07, 6.45) is 2.17. The fourth-order valence-electron chi connectivity index (χ4n) is 3.02. The van der Waals surface area contributed by atoms with E-state index in [4.69, 9.17) is 11.6 Å². The van der Waals surface area contributed by atoms with Crippen LogP contribution in [-0.4, -0.2) is 39.8 Å². The number of likely N-dealkylation sites (tertiary alicyclic amines) is 1. The lowest BCUT2D eigenvalue weighted by molar-refractivity contribution is 0.244. The van der Waals surface area contributed by atoms with Crippen molar-refractivity contribution in [3.05, 3.63) is 45.1 Å². The molecule has 1 unspecified atom stereocenters. The predicted molar refractivity (Wildman–Crippen MR) is 83.4 cm³/mol. The maximum atomic E-state index is 12.2. The molecule has 0 saturated carbocycles. The molecule has 1 atom stereocenters. The molecule has 1 saturated heterocycles. The van der Waals surface area contributed by atoms with Crippen LogP contribution in [0.2, 0.25) is 5.02 Å². The molecule has 1 aromatic heterocycles. The largest absolute Gasteiger partial charge is 0.347 e. The third kappa shape index (κ3) is 2.76. The zero-order chi connectivity index (χ0) is 15.0. The van der Waals surface area contributed by atoms with E-state index in [1.807, 2.05) is 25.1 Å². The maximum absolute atomic E-state index is 12.2. The van der Waals surface area contributed by atoms with Gasteiger partial charge in [0.2, 0.25) is 0 Å². The Bertz CT molecular complexity index is 706. The molecule has 0 radical (unpaired) electrons. The Morgan fingerprint density at radius 3 is 3.00 bits per heavy atom. The third-order valence-corrected chi connectivity index (χ3v) is 4.34. The second-order valence-corrected chi connectivity index (χ2v) is 6.19. The zero-order valence-electron chi connectivity index (χ0n) is 12.3. The molecule has 21 heavy (non-hydrogen) atoms. The summed E-state index contributed by atoms with van der Waals surface area (Å²) >= 11 is 6.09. The van der Waals surface area contributed by atoms with Gasteiger partial charge in [-0.25, -0.2) is 14.5 Å². The van der Waals surface area contributed by atoms with Crippen molar-refractivity contribution in [2.75, 3.05) is 20.1 Å². The van der Waals surface area contributed by atoms with Crippen LogP contribution in [0.15, 0.2) is 23.0 Å². The van der Waals surface area contributed by atoms with Gasteiger partial charge in [0, 0.05) is 17.5 Å². The van der Waals surface area contributed by atoms with Crippen LogP contribution in [0.5, 0.6) is 0 Å². The number of rotatable bonds is 2. The number of halogens is 1. The van der Waals surface area contributed by atoms with E-state index in [0.29, 0.717) is 5.02 Å². The van der Waals surface area contributed by atoms with Crippen LogP contribution in [0.3, 0.4) is 0 Å². The standard InChI is InChI=1S/C15H19ClN4O/c1-10-5-6-12(16)8-13(10)20-14(17-18-15(20)21)11-4-3-7-19(2)9-11/h5-6,8,11H,3-4,7,9H2,1-2H3,(H,18,21). The van der Waals surface area contributed by atoms with Gasteiger partial charge < -0.3 is 4.90 Å². The average molecular weight is 307 g/mol. The van der Waals surface area contributed by atoms with E-state index >= 15 is 0 Å². The second-order valence-electron chi connectivity index (χ2n) is 5.75. The van der Waals surface area contributed by atoms with Crippen molar-refractivity contribution in [2.45, 2.75) is 25.7 Å². The molecule has 3 rings (SSSR count). The molecule has 2 aromatic rings. The van der Waals surface area contributed by atoms with Crippen molar-refractivity contribution >= 4 is 11.6 Å². The molecule has 112 valence electrons. The van der Waals surface area contributed by atoms with Crippen molar-refractivity contribution in [1.29, 1.82) is 0 Å². The molecule has 0 bridgehead atoms. The third-order valence-electron chi connectivity index (χ3n) is 4.10. The summed E-state index contributed by atoms with van der Waals surface area (Å²) in [5.41, 5.74) is 1.61. The number of hydrogen-bond acceptors (Lipinski definition) is 3. The van der Waals surface area contributed by atoms with Crippen molar-refractivity contribution in [1.82, 2.24) is 19.7 Å². The van der Waals surface area contributed by atoms with E-state index in [1.165, 1.54) is 0 Å². The first-order valence-corrected chi connectivity index (χ1v) is 7.56. The molecule has 1 aromatic carbocycles. The van der Waals surface area contributed by atoms with Gasteiger partial charge in [0.15, 0.2) is 0 Å². The van der Waals surface area contributed by atoms with Crippen molar-refractivity contribution in [2.24, 2.45) is 0 Å². The number of nitrogens with zero attached hydrogens (tertiary/aromatic N) is 3. The minimum absolute atomic E-state index is 0.205. The van der Waals surface area contributed by atoms with Crippen LogP contribution in [0.1, 0.15) is 30.1 Å². The molecule has 2 heterocycles. The number of aromatic nitrogens is 3. The molecule has 0 spiro atoms. The first-order chi connectivity index (χ1) is 10.1. The fourth-order valence-corrected chi connectivity index (χ4v) is 3.18. The molecular weight excluding hydrogens is 288 g/mol. The zero-order valence-corrected chi connectivity index (χ0v) is 13.0. The molecular formula is C15H19ClN4O. The molecule has 1 aliphatic rings. The van der Waals surface area contributed by atoms with Gasteiger partial charge in [-0.3, -0.25) is 0 Å². The summed E-state index contributed by atoms with van der Waals surface area (Å²) in [5.74, 6) is 1.07. The lowest BCUT2D eigenvalue weighted by Gasteiger charge is -2.29. The van der Waals surface area contributed by atoms with Gasteiger partial charge in [-0.1, -0.05) is 17.7 Å². The fraction of sp³-hybridized carbons (Fsp3) is 0.467. The summed E-state index contributed by atoms with van der Waals surface area (Å²) in [7, 11) is 2.10. The number of hydrogen-bond donors (Lipinski definition) is 1. The number of benzene rings is 1. The molecule has 6 heteroatoms. The van der Waals surface area contributed by atoms with Crippen LogP contribution in [0, 0.1) is 6.92 Å². The first kappa shape index (κ1) is 14.4. The van der Waals surface area contributed by atoms with Crippen LogP contribution in [-0.2, 0) is 0 Å². The average Bonchev–Trinajstić information content (AvgIpc) is 2.83. The quantitative estimate of drug-likeness (QED) is 0.926. The lowest BCUT2D eigenvalue weighted by Crippen LogP contribution is -2.33. The summed E-state index contributed by atoms with van der Waals surface area (Å²) in [6, 6.07) is 5.58. The van der Waals surface area contributed by atoms with E-state index < -0.39 is 0 Å². The highest BCUT2D eigenvalue weighted by molar-refractivity contribution is 6.30. The number of likely N-dealkylation sites (N-methyl/N-ethyl adjacent to an activating group) is 1. The van der Waals surface area contributed by atoms with Crippen LogP contribution in [0.25, 0.3) is 5.69 Å². The number of aryl methyl sites for hydroxylation is 1. The van der Waals surface area contributed by atoms with Crippen molar-refractivity contribution in [3.63, 3.8) is 0 Å². The van der Waals surface area contributed by atoms with E-state index in [0.717, 1.165) is 43.0 Å². The Balaban J connectivity index is 2.09. The first-order valence-electron chi connectivity index (χ1n) is 7.18. The second kappa shape index (κ2) is 5.66. The van der Waals surface area contributed by atoms with Gasteiger partial charge in [0.1, 0.15) is 5.82 Å². The van der Waals surface area contributed by atoms with Gasteiger partial charge in [-0.05, 0) is 51.1 Å². The highest BCUT2D eigenvalue weighted by Crippen LogP contribution is 2.27. The van der Waals surface area contributed by atoms with Crippen molar-refractivity contribution in [3.8, 4) is 5.69 Å². The normalized spacial score (nSPS) is 19.9. The van der Waals surface area contributed by atoms with E-state index in [2.05, 4.69) is 22.1 Å². The van der Waals surface area contributed by atoms with E-state index in [1.54, 1.807) is 4.57 Å². The molecule has 1 aliphatic heterocycles. The smallest absolute Gasteiger partial charge is 0.306 e. The van der Waals surface area contributed by atoms with Gasteiger partial charge in [-0.2, -0.15) is 5.10 Å². The van der Waals surface area contributed by atoms with Crippen LogP contribution < -0.4 is 5.69 Å². The van der Waals surface area contributed by atoms with Crippen LogP contribution in [0.4, 0.5) is 0 Å². The summed E-state index contributed by atoms with van der Waals surface area (Å²) < 4.78 is 1.67. The molecule has 1 N–H and O–H groups in total.